The van der Waals surface area contributed by atoms with Crippen LogP contribution in [-0.4, -0.2) is 32.7 Å². The van der Waals surface area contributed by atoms with Gasteiger partial charge in [-0.25, -0.2) is 0 Å². The highest BCUT2D eigenvalue weighted by atomic mass is 16.5. The first kappa shape index (κ1) is 13.3. The summed E-state index contributed by atoms with van der Waals surface area (Å²) >= 11 is 0. The molecule has 0 heterocycles. The lowest BCUT2D eigenvalue weighted by Crippen LogP contribution is -2.18. The largest absolute Gasteiger partial charge is 0.493 e. The lowest BCUT2D eigenvalue weighted by atomic mass is 10.1. The van der Waals surface area contributed by atoms with Crippen LogP contribution < -0.4 is 9.47 Å². The summed E-state index contributed by atoms with van der Waals surface area (Å²) in [4.78, 5) is 1.86. The van der Waals surface area contributed by atoms with Gasteiger partial charge in [-0.3, -0.25) is 4.90 Å². The van der Waals surface area contributed by atoms with E-state index < -0.39 is 0 Å². The second kappa shape index (κ2) is 6.12. The molecule has 0 aromatic heterocycles. The van der Waals surface area contributed by atoms with Crippen LogP contribution >= 0.6 is 0 Å². The van der Waals surface area contributed by atoms with Gasteiger partial charge in [0, 0.05) is 0 Å². The van der Waals surface area contributed by atoms with Gasteiger partial charge in [-0.2, -0.15) is 5.26 Å². The van der Waals surface area contributed by atoms with Crippen LogP contribution in [0.25, 0.3) is 0 Å². The van der Waals surface area contributed by atoms with Crippen molar-refractivity contribution in [3.05, 3.63) is 23.8 Å². The Morgan fingerprint density at radius 1 is 1.35 bits per heavy atom. The van der Waals surface area contributed by atoms with Crippen molar-refractivity contribution >= 4 is 0 Å². The maximum absolute atomic E-state index is 9.13. The Hall–Kier alpha value is -1.73. The third-order valence-corrected chi connectivity index (χ3v) is 2.44. The summed E-state index contributed by atoms with van der Waals surface area (Å²) in [5.41, 5.74) is 0.904. The molecule has 92 valence electrons. The van der Waals surface area contributed by atoms with Crippen molar-refractivity contribution in [2.75, 3.05) is 27.8 Å². The molecule has 0 fully saturated rings. The maximum atomic E-state index is 9.13. The Morgan fingerprint density at radius 3 is 2.53 bits per heavy atom. The number of methoxy groups -OCH3 is 1. The molecule has 0 amide bonds. The molecule has 0 radical (unpaired) electrons. The first-order valence-corrected chi connectivity index (χ1v) is 5.50. The first-order chi connectivity index (χ1) is 8.13. The van der Waals surface area contributed by atoms with E-state index in [4.69, 9.17) is 14.7 Å². The summed E-state index contributed by atoms with van der Waals surface area (Å²) in [7, 11) is 5.35. The molecule has 1 rings (SSSR count). The fraction of sp³-hybridized carbons (Fsp3) is 0.462. The van der Waals surface area contributed by atoms with E-state index in [1.165, 1.54) is 0 Å². The summed E-state index contributed by atoms with van der Waals surface area (Å²) in [6.07, 6.45) is 0. The minimum Gasteiger partial charge on any atom is -0.493 e. The Morgan fingerprint density at radius 2 is 2.06 bits per heavy atom. The number of hydrogen-bond donors (Lipinski definition) is 0. The SMILES string of the molecule is CCOc1cc(C(C#N)N(C)C)ccc1OC. The quantitative estimate of drug-likeness (QED) is 0.783. The molecule has 17 heavy (non-hydrogen) atoms. The molecule has 1 aromatic carbocycles. The zero-order valence-corrected chi connectivity index (χ0v) is 10.7. The number of hydrogen-bond acceptors (Lipinski definition) is 4. The molecule has 0 aliphatic carbocycles. The third-order valence-electron chi connectivity index (χ3n) is 2.44. The molecule has 0 aliphatic heterocycles. The van der Waals surface area contributed by atoms with Gasteiger partial charge in [-0.15, -0.1) is 0 Å². The van der Waals surface area contributed by atoms with Gasteiger partial charge in [0.25, 0.3) is 0 Å². The Kier molecular flexibility index (Phi) is 4.80. The van der Waals surface area contributed by atoms with Crippen molar-refractivity contribution in [2.45, 2.75) is 13.0 Å². The van der Waals surface area contributed by atoms with E-state index in [0.29, 0.717) is 18.1 Å². The average Bonchev–Trinajstić information content (AvgIpc) is 2.30. The number of nitrogens with zero attached hydrogens (tertiary/aromatic N) is 2. The number of ether oxygens (including phenoxy) is 2. The number of nitriles is 1. The zero-order chi connectivity index (χ0) is 12.8. The van der Waals surface area contributed by atoms with Gasteiger partial charge in [0.15, 0.2) is 11.5 Å². The van der Waals surface area contributed by atoms with Crippen molar-refractivity contribution < 1.29 is 9.47 Å². The molecular formula is C13H18N2O2. The van der Waals surface area contributed by atoms with E-state index in [-0.39, 0.29) is 6.04 Å². The van der Waals surface area contributed by atoms with Crippen LogP contribution in [0.15, 0.2) is 18.2 Å². The van der Waals surface area contributed by atoms with Gasteiger partial charge in [0.2, 0.25) is 0 Å². The predicted molar refractivity (Wildman–Crippen MR) is 66.2 cm³/mol. The van der Waals surface area contributed by atoms with Crippen LogP contribution in [0.3, 0.4) is 0 Å². The van der Waals surface area contributed by atoms with Crippen LogP contribution in [0, 0.1) is 11.3 Å². The molecule has 0 spiro atoms. The Labute approximate surface area is 102 Å². The molecule has 0 aliphatic rings. The highest BCUT2D eigenvalue weighted by molar-refractivity contribution is 5.44. The van der Waals surface area contributed by atoms with Crippen LogP contribution in [0.1, 0.15) is 18.5 Å². The molecule has 1 atom stereocenters. The minimum absolute atomic E-state index is 0.278. The lowest BCUT2D eigenvalue weighted by Gasteiger charge is -2.19. The normalized spacial score (nSPS) is 12.0. The van der Waals surface area contributed by atoms with E-state index in [2.05, 4.69) is 6.07 Å². The second-order valence-electron chi connectivity index (χ2n) is 3.84. The van der Waals surface area contributed by atoms with E-state index in [9.17, 15) is 0 Å². The maximum Gasteiger partial charge on any atom is 0.161 e. The van der Waals surface area contributed by atoms with Gasteiger partial charge in [0.05, 0.1) is 19.8 Å². The molecule has 0 saturated carbocycles. The van der Waals surface area contributed by atoms with Gasteiger partial charge >= 0.3 is 0 Å². The molecule has 1 unspecified atom stereocenters. The number of benzene rings is 1. The predicted octanol–water partition coefficient (Wildman–Crippen LogP) is 2.22. The van der Waals surface area contributed by atoms with E-state index in [0.717, 1.165) is 5.56 Å². The fourth-order valence-electron chi connectivity index (χ4n) is 1.62. The van der Waals surface area contributed by atoms with Crippen molar-refractivity contribution in [2.24, 2.45) is 0 Å². The van der Waals surface area contributed by atoms with Crippen LogP contribution in [0.4, 0.5) is 0 Å². The summed E-state index contributed by atoms with van der Waals surface area (Å²) in [5.74, 6) is 1.36. The zero-order valence-electron chi connectivity index (χ0n) is 10.7. The number of rotatable bonds is 5. The highest BCUT2D eigenvalue weighted by Gasteiger charge is 2.15. The molecule has 4 heteroatoms. The minimum atomic E-state index is -0.278. The van der Waals surface area contributed by atoms with E-state index in [1.807, 2.05) is 44.1 Å². The topological polar surface area (TPSA) is 45.5 Å². The highest BCUT2D eigenvalue weighted by Crippen LogP contribution is 2.31. The van der Waals surface area contributed by atoms with E-state index in [1.54, 1.807) is 7.11 Å². The van der Waals surface area contributed by atoms with Crippen molar-refractivity contribution in [1.82, 2.24) is 4.90 Å². The van der Waals surface area contributed by atoms with Crippen LogP contribution in [0.5, 0.6) is 11.5 Å². The average molecular weight is 234 g/mol. The summed E-state index contributed by atoms with van der Waals surface area (Å²) < 4.78 is 10.7. The Bertz CT molecular complexity index is 410. The summed E-state index contributed by atoms with van der Waals surface area (Å²) in [5, 5.41) is 9.13. The van der Waals surface area contributed by atoms with Crippen LogP contribution in [0.2, 0.25) is 0 Å². The van der Waals surface area contributed by atoms with Crippen molar-refractivity contribution in [3.63, 3.8) is 0 Å². The Balaban J connectivity index is 3.11. The van der Waals surface area contributed by atoms with Crippen LogP contribution in [-0.2, 0) is 0 Å². The standard InChI is InChI=1S/C13H18N2O2/c1-5-17-13-8-10(6-7-12(13)16-4)11(9-14)15(2)3/h6-8,11H,5H2,1-4H3. The molecule has 0 saturated heterocycles. The van der Waals surface area contributed by atoms with Gasteiger partial charge in [-0.1, -0.05) is 6.07 Å². The summed E-state index contributed by atoms with van der Waals surface area (Å²) in [6.45, 7) is 2.48. The van der Waals surface area contributed by atoms with Gasteiger partial charge in [-0.05, 0) is 38.7 Å². The monoisotopic (exact) mass is 234 g/mol. The first-order valence-electron chi connectivity index (χ1n) is 5.50. The summed E-state index contributed by atoms with van der Waals surface area (Å²) in [6, 6.07) is 7.55. The fourth-order valence-corrected chi connectivity index (χ4v) is 1.62. The molecule has 0 N–H and O–H groups in total. The van der Waals surface area contributed by atoms with Crippen molar-refractivity contribution in [1.29, 1.82) is 5.26 Å². The smallest absolute Gasteiger partial charge is 0.161 e. The molecular weight excluding hydrogens is 216 g/mol. The molecule has 4 nitrogen and oxygen atoms in total. The lowest BCUT2D eigenvalue weighted by molar-refractivity contribution is 0.308. The molecule has 1 aromatic rings. The van der Waals surface area contributed by atoms with Gasteiger partial charge < -0.3 is 9.47 Å². The van der Waals surface area contributed by atoms with Gasteiger partial charge in [0.1, 0.15) is 6.04 Å². The van der Waals surface area contributed by atoms with Crippen molar-refractivity contribution in [3.8, 4) is 17.6 Å². The second-order valence-corrected chi connectivity index (χ2v) is 3.84. The van der Waals surface area contributed by atoms with E-state index >= 15 is 0 Å². The third kappa shape index (κ3) is 3.11. The molecule has 0 bridgehead atoms.